The van der Waals surface area contributed by atoms with Gasteiger partial charge in [-0.25, -0.2) is 0 Å². The summed E-state index contributed by atoms with van der Waals surface area (Å²) >= 11 is 0. The number of hydrogen-bond donors (Lipinski definition) is 0. The van der Waals surface area contributed by atoms with E-state index < -0.39 is 0 Å². The fourth-order valence-electron chi connectivity index (χ4n) is 0.507. The molecule has 1 rings (SSSR count). The molecule has 0 amide bonds. The molecule has 0 aliphatic carbocycles. The first-order valence-electron chi connectivity index (χ1n) is 2.62. The third-order valence-corrected chi connectivity index (χ3v) is 1.02. The quantitative estimate of drug-likeness (QED) is 0.627. The Morgan fingerprint density at radius 3 is 2.70 bits per heavy atom. The summed E-state index contributed by atoms with van der Waals surface area (Å²) in [6.45, 7) is 1.79. The van der Waals surface area contributed by atoms with Crippen molar-refractivity contribution >= 4 is 0 Å². The van der Waals surface area contributed by atoms with Crippen molar-refractivity contribution in [2.24, 2.45) is 7.05 Å². The van der Waals surface area contributed by atoms with E-state index in [0.717, 1.165) is 5.56 Å². The third kappa shape index (κ3) is 2.05. The molecular formula is C6H7N2ORe-. The van der Waals surface area contributed by atoms with Crippen LogP contribution in [0.4, 0.5) is 0 Å². The number of rotatable bonds is 0. The van der Waals surface area contributed by atoms with Crippen molar-refractivity contribution in [2.75, 3.05) is 0 Å². The Morgan fingerprint density at radius 1 is 1.70 bits per heavy atom. The molecule has 0 aromatic carbocycles. The Labute approximate surface area is 72.7 Å². The van der Waals surface area contributed by atoms with E-state index >= 15 is 0 Å². The fourth-order valence-corrected chi connectivity index (χ4v) is 0.507. The van der Waals surface area contributed by atoms with Gasteiger partial charge in [0.2, 0.25) is 0 Å². The zero-order chi connectivity index (χ0) is 6.85. The molecule has 1 heterocycles. The first kappa shape index (κ1) is 9.54. The summed E-state index contributed by atoms with van der Waals surface area (Å²) in [5.74, 6) is 0. The second-order valence-corrected chi connectivity index (χ2v) is 1.88. The number of aryl methyl sites for hydroxylation is 2. The van der Waals surface area contributed by atoms with Crippen LogP contribution in [0.1, 0.15) is 5.56 Å². The van der Waals surface area contributed by atoms with Crippen molar-refractivity contribution in [3.8, 4) is 0 Å². The van der Waals surface area contributed by atoms with Crippen LogP contribution in [0.2, 0.25) is 0 Å². The van der Waals surface area contributed by atoms with Crippen LogP contribution in [0, 0.1) is 13.0 Å². The molecule has 0 saturated carbocycles. The van der Waals surface area contributed by atoms with Crippen LogP contribution in [0.25, 0.3) is 0 Å². The van der Waals surface area contributed by atoms with Crippen molar-refractivity contribution in [3.05, 3.63) is 28.2 Å². The normalized spacial score (nSPS) is 8.60. The molecule has 4 heteroatoms. The summed E-state index contributed by atoms with van der Waals surface area (Å²) in [4.78, 5) is 10.7. The molecule has 0 fully saturated rings. The van der Waals surface area contributed by atoms with Crippen LogP contribution in [-0.4, -0.2) is 9.78 Å². The minimum Gasteiger partial charge on any atom is -0.291 e. The van der Waals surface area contributed by atoms with Gasteiger partial charge in [-0.05, 0) is 0 Å². The summed E-state index contributed by atoms with van der Waals surface area (Å²) in [7, 11) is 1.60. The molecular weight excluding hydrogens is 302 g/mol. The Kier molecular flexibility index (Phi) is 3.48. The molecule has 0 aliphatic heterocycles. The second kappa shape index (κ2) is 3.65. The molecule has 10 heavy (non-hydrogen) atoms. The van der Waals surface area contributed by atoms with Gasteiger partial charge in [-0.15, -0.1) is 0 Å². The van der Waals surface area contributed by atoms with Gasteiger partial charge in [-0.3, -0.25) is 14.6 Å². The van der Waals surface area contributed by atoms with Gasteiger partial charge in [0.05, 0.1) is 0 Å². The van der Waals surface area contributed by atoms with E-state index in [-0.39, 0.29) is 26.0 Å². The van der Waals surface area contributed by atoms with Gasteiger partial charge in [-0.2, -0.15) is 11.6 Å². The van der Waals surface area contributed by atoms with E-state index in [1.54, 1.807) is 20.2 Å². The fraction of sp³-hybridized carbons (Fsp3) is 0.333. The second-order valence-electron chi connectivity index (χ2n) is 1.88. The molecule has 3 nitrogen and oxygen atoms in total. The van der Waals surface area contributed by atoms with Crippen LogP contribution < -0.4 is 5.56 Å². The average Bonchev–Trinajstić information content (AvgIpc) is 1.80. The van der Waals surface area contributed by atoms with Gasteiger partial charge in [0.1, 0.15) is 0 Å². The van der Waals surface area contributed by atoms with Crippen LogP contribution >= 0.6 is 0 Å². The van der Waals surface area contributed by atoms with Crippen LogP contribution in [0.3, 0.4) is 0 Å². The summed E-state index contributed by atoms with van der Waals surface area (Å²) in [6, 6.07) is 2.58. The number of nitrogens with zero attached hydrogens (tertiary/aromatic N) is 2. The van der Waals surface area contributed by atoms with Crippen molar-refractivity contribution in [1.82, 2.24) is 9.78 Å². The summed E-state index contributed by atoms with van der Waals surface area (Å²) < 4.78 is 1.24. The Balaban J connectivity index is 0.000000810. The average molecular weight is 309 g/mol. The molecule has 0 N–H and O–H groups in total. The Morgan fingerprint density at radius 2 is 2.30 bits per heavy atom. The van der Waals surface area contributed by atoms with E-state index in [0.29, 0.717) is 0 Å². The molecule has 1 aromatic rings. The van der Waals surface area contributed by atoms with Crippen molar-refractivity contribution in [3.63, 3.8) is 0 Å². The first-order chi connectivity index (χ1) is 4.20. The minimum atomic E-state index is -0.185. The molecule has 0 spiro atoms. The van der Waals surface area contributed by atoms with E-state index in [9.17, 15) is 4.79 Å². The largest absolute Gasteiger partial charge is 0.291 e. The summed E-state index contributed by atoms with van der Waals surface area (Å²) in [6.07, 6.45) is 1.60. The van der Waals surface area contributed by atoms with E-state index in [1.807, 2.05) is 0 Å². The van der Waals surface area contributed by atoms with Crippen LogP contribution in [0.5, 0.6) is 0 Å². The van der Waals surface area contributed by atoms with E-state index in [1.165, 1.54) is 4.68 Å². The van der Waals surface area contributed by atoms with Crippen molar-refractivity contribution < 1.29 is 20.4 Å². The molecule has 55 valence electrons. The maximum Gasteiger partial charge on any atom is 0.174 e. The van der Waals surface area contributed by atoms with Gasteiger partial charge in [0, 0.05) is 27.5 Å². The van der Waals surface area contributed by atoms with Gasteiger partial charge in [0.15, 0.2) is 5.56 Å². The van der Waals surface area contributed by atoms with Gasteiger partial charge in [0.25, 0.3) is 0 Å². The monoisotopic (exact) mass is 310 g/mol. The minimum absolute atomic E-state index is 0. The summed E-state index contributed by atoms with van der Waals surface area (Å²) in [5, 5.41) is 3.75. The molecule has 0 saturated heterocycles. The predicted molar refractivity (Wildman–Crippen MR) is 33.1 cm³/mol. The zero-order valence-corrected chi connectivity index (χ0v) is 8.47. The smallest absolute Gasteiger partial charge is 0.174 e. The molecule has 0 unspecified atom stereocenters. The molecule has 1 aromatic heterocycles. The van der Waals surface area contributed by atoms with Crippen molar-refractivity contribution in [1.29, 1.82) is 0 Å². The molecule has 1 radical (unpaired) electrons. The van der Waals surface area contributed by atoms with Gasteiger partial charge < -0.3 is 0 Å². The van der Waals surface area contributed by atoms with Crippen LogP contribution in [-0.2, 0) is 27.5 Å². The van der Waals surface area contributed by atoms with Crippen molar-refractivity contribution in [2.45, 2.75) is 6.92 Å². The standard InChI is InChI=1S/C6H7N2O.Re/c1-5-3-6(9)8(2)7-4-5;/h4H,1-2H3;/q-1;. The maximum atomic E-state index is 10.7. The Bertz CT molecular complexity index is 269. The first-order valence-corrected chi connectivity index (χ1v) is 2.62. The van der Waals surface area contributed by atoms with E-state index in [4.69, 9.17) is 0 Å². The van der Waals surface area contributed by atoms with E-state index in [2.05, 4.69) is 11.2 Å². The predicted octanol–water partition coefficient (Wildman–Crippen LogP) is -0.114. The van der Waals surface area contributed by atoms with Gasteiger partial charge >= 0.3 is 0 Å². The maximum absolute atomic E-state index is 10.7. The topological polar surface area (TPSA) is 34.9 Å². The number of aromatic nitrogens is 2. The van der Waals surface area contributed by atoms with Gasteiger partial charge in [-0.1, -0.05) is 13.1 Å². The molecule has 0 aliphatic rings. The number of hydrogen-bond acceptors (Lipinski definition) is 2. The SMILES string of the molecule is Cc1[c-]c(=O)n(C)nc1.[Re]. The molecule has 0 bridgehead atoms. The summed E-state index contributed by atoms with van der Waals surface area (Å²) in [5.41, 5.74) is 0.591. The Hall–Kier alpha value is -0.458. The molecule has 0 atom stereocenters. The zero-order valence-electron chi connectivity index (χ0n) is 5.76. The van der Waals surface area contributed by atoms with Crippen LogP contribution in [0.15, 0.2) is 11.0 Å². The third-order valence-electron chi connectivity index (χ3n) is 1.02.